The molecule has 2 heterocycles. The van der Waals surface area contributed by atoms with Crippen LogP contribution in [0.3, 0.4) is 0 Å². The van der Waals surface area contributed by atoms with Crippen molar-refractivity contribution in [2.75, 3.05) is 18.9 Å². The molecule has 3 rings (SSSR count). The van der Waals surface area contributed by atoms with Crippen LogP contribution in [0.25, 0.3) is 11.0 Å². The summed E-state index contributed by atoms with van der Waals surface area (Å²) in [6.45, 7) is 3.13. The highest BCUT2D eigenvalue weighted by Gasteiger charge is 2.22. The molecule has 0 bridgehead atoms. The molecule has 0 amide bonds. The largest absolute Gasteiger partial charge is 0.478 e. The highest BCUT2D eigenvalue weighted by Crippen LogP contribution is 2.22. The van der Waals surface area contributed by atoms with Crippen LogP contribution < -0.4 is 5.32 Å². The number of benzene rings is 1. The number of fused-ring (bicyclic) bond motifs is 1. The molecule has 0 aliphatic carbocycles. The lowest BCUT2D eigenvalue weighted by Crippen LogP contribution is -2.32. The molecule has 1 atom stereocenters. The van der Waals surface area contributed by atoms with E-state index in [9.17, 15) is 9.90 Å². The van der Waals surface area contributed by atoms with Gasteiger partial charge in [0, 0.05) is 6.61 Å². The number of carboxylic acid groups (broad SMARTS) is 1. The average Bonchev–Trinajstić information content (AvgIpc) is 2.90. The Balaban J connectivity index is 1.75. The van der Waals surface area contributed by atoms with Gasteiger partial charge >= 0.3 is 5.97 Å². The number of aromatic carboxylic acids is 1. The number of imidazole rings is 1. The smallest absolute Gasteiger partial charge is 0.335 e. The normalized spacial score (nSPS) is 16.9. The van der Waals surface area contributed by atoms with E-state index in [2.05, 4.69) is 22.5 Å². The highest BCUT2D eigenvalue weighted by molar-refractivity contribution is 7.80. The van der Waals surface area contributed by atoms with E-state index >= 15 is 0 Å². The lowest BCUT2D eigenvalue weighted by molar-refractivity contribution is -0.0590. The third-order valence-corrected chi connectivity index (χ3v) is 4.86. The number of hydrogen-bond acceptors (Lipinski definition) is 5. The molecule has 136 valence electrons. The Morgan fingerprint density at radius 2 is 2.24 bits per heavy atom. The molecule has 1 fully saturated rings. The van der Waals surface area contributed by atoms with E-state index in [-0.39, 0.29) is 11.7 Å². The van der Waals surface area contributed by atoms with Crippen LogP contribution >= 0.6 is 12.6 Å². The summed E-state index contributed by atoms with van der Waals surface area (Å²) in [5.74, 6) is 0.948. The summed E-state index contributed by atoms with van der Waals surface area (Å²) in [5, 5.41) is 12.7. The minimum Gasteiger partial charge on any atom is -0.478 e. The zero-order chi connectivity index (χ0) is 17.6. The highest BCUT2D eigenvalue weighted by atomic mass is 32.1. The number of carbonyl (C=O) groups is 1. The lowest BCUT2D eigenvalue weighted by Gasteiger charge is -2.27. The first-order valence-electron chi connectivity index (χ1n) is 8.84. The monoisotopic (exact) mass is 363 g/mol. The molecule has 1 aliphatic rings. The minimum atomic E-state index is -0.918. The Labute approximate surface area is 153 Å². The van der Waals surface area contributed by atoms with Gasteiger partial charge in [-0.1, -0.05) is 6.42 Å². The van der Waals surface area contributed by atoms with Gasteiger partial charge in [-0.05, 0) is 49.8 Å². The van der Waals surface area contributed by atoms with Gasteiger partial charge in [-0.3, -0.25) is 0 Å². The van der Waals surface area contributed by atoms with Crippen molar-refractivity contribution in [3.05, 3.63) is 29.6 Å². The van der Waals surface area contributed by atoms with Gasteiger partial charge < -0.3 is 19.7 Å². The molecule has 1 aromatic carbocycles. The predicted octanol–water partition coefficient (Wildman–Crippen LogP) is 2.71. The molecule has 1 aromatic heterocycles. The Hall–Kier alpha value is -1.57. The zero-order valence-electron chi connectivity index (χ0n) is 14.3. The first-order valence-corrected chi connectivity index (χ1v) is 9.48. The van der Waals surface area contributed by atoms with Crippen LogP contribution in [0.15, 0.2) is 18.2 Å². The molecule has 0 spiro atoms. The summed E-state index contributed by atoms with van der Waals surface area (Å²) in [7, 11) is 0. The zero-order valence-corrected chi connectivity index (χ0v) is 15.2. The summed E-state index contributed by atoms with van der Waals surface area (Å²) in [5.41, 5.74) is 1.98. The number of ether oxygens (including phenoxy) is 1. The maximum absolute atomic E-state index is 11.3. The maximum atomic E-state index is 11.3. The molecular weight excluding hydrogens is 338 g/mol. The number of aromatic nitrogens is 2. The van der Waals surface area contributed by atoms with Crippen molar-refractivity contribution in [1.29, 1.82) is 0 Å². The Kier molecular flexibility index (Phi) is 6.34. The van der Waals surface area contributed by atoms with Crippen LogP contribution in [0.4, 0.5) is 0 Å². The van der Waals surface area contributed by atoms with Crippen LogP contribution in [0, 0.1) is 0 Å². The van der Waals surface area contributed by atoms with E-state index in [0.717, 1.165) is 61.6 Å². The van der Waals surface area contributed by atoms with E-state index in [4.69, 9.17) is 9.72 Å². The summed E-state index contributed by atoms with van der Waals surface area (Å²) >= 11 is 4.23. The summed E-state index contributed by atoms with van der Waals surface area (Å²) in [6, 6.07) is 5.10. The molecular formula is C18H25N3O3S. The first-order chi connectivity index (χ1) is 12.2. The molecule has 1 unspecified atom stereocenters. The van der Waals surface area contributed by atoms with E-state index in [1.165, 1.54) is 6.42 Å². The molecule has 25 heavy (non-hydrogen) atoms. The summed E-state index contributed by atoms with van der Waals surface area (Å²) in [6.07, 6.45) is 4.66. The minimum absolute atomic E-state index is 0.194. The van der Waals surface area contributed by atoms with E-state index < -0.39 is 5.97 Å². The number of thiol groups is 1. The fourth-order valence-corrected chi connectivity index (χ4v) is 3.24. The molecule has 2 aromatic rings. The maximum Gasteiger partial charge on any atom is 0.335 e. The number of carboxylic acids is 1. The third kappa shape index (κ3) is 4.54. The molecule has 1 aliphatic heterocycles. The van der Waals surface area contributed by atoms with Gasteiger partial charge in [0.05, 0.1) is 35.8 Å². The second kappa shape index (κ2) is 8.69. The van der Waals surface area contributed by atoms with Gasteiger partial charge in [0.15, 0.2) is 0 Å². The van der Waals surface area contributed by atoms with Gasteiger partial charge in [-0.15, -0.1) is 0 Å². The van der Waals surface area contributed by atoms with E-state index in [0.29, 0.717) is 6.54 Å². The van der Waals surface area contributed by atoms with Gasteiger partial charge in [-0.2, -0.15) is 12.6 Å². The van der Waals surface area contributed by atoms with Crippen LogP contribution in [0.5, 0.6) is 0 Å². The number of rotatable bonds is 10. The second-order valence-corrected chi connectivity index (χ2v) is 6.84. The second-order valence-electron chi connectivity index (χ2n) is 6.39. The van der Waals surface area contributed by atoms with Gasteiger partial charge in [0.1, 0.15) is 5.82 Å². The van der Waals surface area contributed by atoms with Gasteiger partial charge in [-0.25, -0.2) is 9.78 Å². The van der Waals surface area contributed by atoms with Crippen LogP contribution in [0.1, 0.15) is 41.9 Å². The van der Waals surface area contributed by atoms with Crippen molar-refractivity contribution in [2.45, 2.75) is 44.9 Å². The standard InChI is InChI=1S/C18H25N3O3S/c22-18(23)13-4-5-15-16(10-13)21(12-14-6-8-24-14)17(20-15)11-19-7-2-1-3-9-25/h4-5,10,14,19,25H,1-3,6-9,11-12H2,(H,22,23). The Bertz CT molecular complexity index is 728. The number of hydrogen-bond donors (Lipinski definition) is 3. The van der Waals surface area contributed by atoms with Crippen LogP contribution in [-0.4, -0.2) is 45.6 Å². The molecule has 1 saturated heterocycles. The third-order valence-electron chi connectivity index (χ3n) is 4.55. The average molecular weight is 363 g/mol. The van der Waals surface area contributed by atoms with Gasteiger partial charge in [0.25, 0.3) is 0 Å². The van der Waals surface area contributed by atoms with Crippen molar-refractivity contribution < 1.29 is 14.6 Å². The molecule has 7 heteroatoms. The molecule has 6 nitrogen and oxygen atoms in total. The van der Waals surface area contributed by atoms with Gasteiger partial charge in [0.2, 0.25) is 0 Å². The summed E-state index contributed by atoms with van der Waals surface area (Å²) < 4.78 is 7.67. The molecule has 0 radical (unpaired) electrons. The number of nitrogens with zero attached hydrogens (tertiary/aromatic N) is 2. The van der Waals surface area contributed by atoms with E-state index in [1.807, 2.05) is 0 Å². The van der Waals surface area contributed by atoms with Crippen molar-refractivity contribution in [1.82, 2.24) is 14.9 Å². The lowest BCUT2D eigenvalue weighted by atomic mass is 10.1. The van der Waals surface area contributed by atoms with Crippen molar-refractivity contribution in [3.63, 3.8) is 0 Å². The summed E-state index contributed by atoms with van der Waals surface area (Å²) in [4.78, 5) is 16.0. The van der Waals surface area contributed by atoms with Crippen LogP contribution in [-0.2, 0) is 17.8 Å². The SMILES string of the molecule is O=C(O)c1ccc2nc(CNCCCCCS)n(CC3CCO3)c2c1. The van der Waals surface area contributed by atoms with Crippen molar-refractivity contribution >= 4 is 29.6 Å². The quantitative estimate of drug-likeness (QED) is 0.447. The fourth-order valence-electron chi connectivity index (χ4n) is 3.02. The first kappa shape index (κ1) is 18.2. The fraction of sp³-hybridized carbons (Fsp3) is 0.556. The molecule has 0 saturated carbocycles. The Morgan fingerprint density at radius 1 is 1.40 bits per heavy atom. The number of unbranched alkanes of at least 4 members (excludes halogenated alkanes) is 2. The molecule has 2 N–H and O–H groups in total. The number of nitrogens with one attached hydrogen (secondary N) is 1. The topological polar surface area (TPSA) is 76.4 Å². The van der Waals surface area contributed by atoms with Crippen molar-refractivity contribution in [3.8, 4) is 0 Å². The van der Waals surface area contributed by atoms with Crippen molar-refractivity contribution in [2.24, 2.45) is 0 Å². The van der Waals surface area contributed by atoms with Crippen LogP contribution in [0.2, 0.25) is 0 Å². The van der Waals surface area contributed by atoms with E-state index in [1.54, 1.807) is 18.2 Å². The predicted molar refractivity (Wildman–Crippen MR) is 100 cm³/mol. The Morgan fingerprint density at radius 3 is 2.92 bits per heavy atom.